The third-order valence-electron chi connectivity index (χ3n) is 4.67. The van der Waals surface area contributed by atoms with Crippen molar-refractivity contribution < 1.29 is 16.8 Å². The molecule has 1 aromatic carbocycles. The third kappa shape index (κ3) is 3.57. The lowest BCUT2D eigenvalue weighted by Gasteiger charge is -2.34. The van der Waals surface area contributed by atoms with Crippen molar-refractivity contribution in [3.63, 3.8) is 0 Å². The number of sulfone groups is 2. The molecule has 2 unspecified atom stereocenters. The molecule has 0 aromatic heterocycles. The minimum atomic E-state index is -3.70. The number of nitrogens with zero attached hydrogens (tertiary/aromatic N) is 1. The highest BCUT2D eigenvalue weighted by molar-refractivity contribution is 7.96. The molecule has 2 atom stereocenters. The Bertz CT molecular complexity index is 768. The molecule has 1 aromatic rings. The molecule has 2 aliphatic rings. The van der Waals surface area contributed by atoms with Gasteiger partial charge in [0.25, 0.3) is 0 Å². The molecule has 8 heteroatoms. The van der Waals surface area contributed by atoms with Crippen molar-refractivity contribution in [2.75, 3.05) is 24.6 Å². The van der Waals surface area contributed by atoms with Gasteiger partial charge in [-0.25, -0.2) is 16.8 Å². The van der Waals surface area contributed by atoms with Gasteiger partial charge in [0, 0.05) is 11.1 Å². The Kier molecular flexibility index (Phi) is 4.75. The van der Waals surface area contributed by atoms with Gasteiger partial charge >= 0.3 is 0 Å². The summed E-state index contributed by atoms with van der Waals surface area (Å²) >= 11 is 5.82. The Balaban J connectivity index is 1.95. The lowest BCUT2D eigenvalue weighted by molar-refractivity contribution is 0.178. The maximum absolute atomic E-state index is 13.0. The summed E-state index contributed by atoms with van der Waals surface area (Å²) < 4.78 is 50.1. The summed E-state index contributed by atoms with van der Waals surface area (Å²) in [5, 5.41) is -0.442. The first-order valence-corrected chi connectivity index (χ1v) is 11.5. The highest BCUT2D eigenvalue weighted by atomic mass is 35.5. The van der Waals surface area contributed by atoms with Gasteiger partial charge in [0.1, 0.15) is 0 Å². The van der Waals surface area contributed by atoms with Crippen LogP contribution in [0.4, 0.5) is 0 Å². The van der Waals surface area contributed by atoms with Crippen molar-refractivity contribution in [1.29, 1.82) is 0 Å². The topological polar surface area (TPSA) is 71.5 Å². The second kappa shape index (κ2) is 6.35. The van der Waals surface area contributed by atoms with Crippen LogP contribution >= 0.6 is 11.6 Å². The minimum Gasteiger partial charge on any atom is -0.298 e. The van der Waals surface area contributed by atoms with E-state index in [0.29, 0.717) is 5.02 Å². The van der Waals surface area contributed by atoms with Gasteiger partial charge in [-0.2, -0.15) is 0 Å². The molecule has 2 aliphatic heterocycles. The van der Waals surface area contributed by atoms with Gasteiger partial charge in [0.05, 0.1) is 21.7 Å². The second-order valence-corrected chi connectivity index (χ2v) is 11.0. The molecule has 0 saturated carbocycles. The zero-order valence-corrected chi connectivity index (χ0v) is 15.1. The lowest BCUT2D eigenvalue weighted by Crippen LogP contribution is -2.48. The summed E-state index contributed by atoms with van der Waals surface area (Å²) in [6, 6.07) is 5.51. The van der Waals surface area contributed by atoms with Crippen molar-refractivity contribution >= 4 is 31.3 Å². The summed E-state index contributed by atoms with van der Waals surface area (Å²) in [7, 11) is -7.04. The maximum atomic E-state index is 13.0. The molecule has 0 spiro atoms. The van der Waals surface area contributed by atoms with Crippen LogP contribution in [0.3, 0.4) is 0 Å². The zero-order chi connectivity index (χ0) is 16.7. The minimum absolute atomic E-state index is 0.0650. The molecule has 0 amide bonds. The van der Waals surface area contributed by atoms with Crippen LogP contribution in [0.5, 0.6) is 0 Å². The Morgan fingerprint density at radius 2 is 1.61 bits per heavy atom. The molecule has 0 bridgehead atoms. The Morgan fingerprint density at radius 3 is 2.22 bits per heavy atom. The van der Waals surface area contributed by atoms with Crippen LogP contribution in [-0.4, -0.2) is 57.6 Å². The Labute approximate surface area is 142 Å². The zero-order valence-electron chi connectivity index (χ0n) is 12.7. The van der Waals surface area contributed by atoms with Crippen LogP contribution in [0.2, 0.25) is 5.02 Å². The number of halogens is 1. The SMILES string of the molecule is O=S1(=O)CC(N2CCCCC2)C(S(=O)(=O)c2ccc(Cl)cc2)C1. The van der Waals surface area contributed by atoms with Crippen molar-refractivity contribution in [2.24, 2.45) is 0 Å². The predicted octanol–water partition coefficient (Wildman–Crippen LogP) is 1.77. The van der Waals surface area contributed by atoms with E-state index in [4.69, 9.17) is 11.6 Å². The molecule has 2 saturated heterocycles. The Hall–Kier alpha value is -0.630. The van der Waals surface area contributed by atoms with Crippen molar-refractivity contribution in [1.82, 2.24) is 4.90 Å². The van der Waals surface area contributed by atoms with E-state index in [1.807, 2.05) is 4.90 Å². The van der Waals surface area contributed by atoms with Crippen molar-refractivity contribution in [3.8, 4) is 0 Å². The van der Waals surface area contributed by atoms with Crippen molar-refractivity contribution in [3.05, 3.63) is 29.3 Å². The van der Waals surface area contributed by atoms with Crippen LogP contribution in [0.15, 0.2) is 29.2 Å². The highest BCUT2D eigenvalue weighted by Crippen LogP contribution is 2.31. The predicted molar refractivity (Wildman–Crippen MR) is 90.3 cm³/mol. The first-order valence-electron chi connectivity index (χ1n) is 7.73. The van der Waals surface area contributed by atoms with Crippen LogP contribution < -0.4 is 0 Å². The molecule has 2 fully saturated rings. The quantitative estimate of drug-likeness (QED) is 0.802. The number of benzene rings is 1. The average Bonchev–Trinajstić information content (AvgIpc) is 2.85. The van der Waals surface area contributed by atoms with Crippen LogP contribution in [0.25, 0.3) is 0 Å². The third-order valence-corrected chi connectivity index (χ3v) is 9.06. The summed E-state index contributed by atoms with van der Waals surface area (Å²) in [6.07, 6.45) is 3.10. The van der Waals surface area contributed by atoms with E-state index in [1.165, 1.54) is 24.3 Å². The standard InChI is InChI=1S/C15H20ClNO4S2/c16-12-4-6-13(7-5-12)23(20,21)15-11-22(18,19)10-14(15)17-8-2-1-3-9-17/h4-7,14-15H,1-3,8-11H2. The smallest absolute Gasteiger partial charge is 0.183 e. The van der Waals surface area contributed by atoms with Gasteiger partial charge in [0.2, 0.25) is 0 Å². The van der Waals surface area contributed by atoms with Gasteiger partial charge in [-0.1, -0.05) is 18.0 Å². The highest BCUT2D eigenvalue weighted by Gasteiger charge is 2.48. The molecular weight excluding hydrogens is 358 g/mol. The largest absolute Gasteiger partial charge is 0.298 e. The molecule has 0 radical (unpaired) electrons. The van der Waals surface area contributed by atoms with Gasteiger partial charge in [-0.15, -0.1) is 0 Å². The van der Waals surface area contributed by atoms with E-state index in [0.717, 1.165) is 32.4 Å². The fraction of sp³-hybridized carbons (Fsp3) is 0.600. The van der Waals surface area contributed by atoms with Gasteiger partial charge in [-0.05, 0) is 50.2 Å². The summed E-state index contributed by atoms with van der Waals surface area (Å²) in [5.41, 5.74) is 0. The van der Waals surface area contributed by atoms with Gasteiger partial charge < -0.3 is 0 Å². The first-order chi connectivity index (χ1) is 10.8. The lowest BCUT2D eigenvalue weighted by atomic mass is 10.1. The summed E-state index contributed by atoms with van der Waals surface area (Å²) in [6.45, 7) is 1.54. The molecule has 0 aliphatic carbocycles. The molecule has 3 rings (SSSR count). The van der Waals surface area contributed by atoms with E-state index in [2.05, 4.69) is 0 Å². The van der Waals surface area contributed by atoms with E-state index < -0.39 is 31.0 Å². The maximum Gasteiger partial charge on any atom is 0.183 e. The monoisotopic (exact) mass is 377 g/mol. The molecule has 0 N–H and O–H groups in total. The second-order valence-electron chi connectivity index (χ2n) is 6.28. The number of likely N-dealkylation sites (tertiary alicyclic amines) is 1. The molecule has 2 heterocycles. The molecule has 23 heavy (non-hydrogen) atoms. The number of piperidine rings is 1. The van der Waals surface area contributed by atoms with E-state index in [9.17, 15) is 16.8 Å². The van der Waals surface area contributed by atoms with Gasteiger partial charge in [0.15, 0.2) is 19.7 Å². The van der Waals surface area contributed by atoms with E-state index in [-0.39, 0.29) is 16.4 Å². The van der Waals surface area contributed by atoms with Gasteiger partial charge in [-0.3, -0.25) is 4.90 Å². The first kappa shape index (κ1) is 17.2. The number of hydrogen-bond donors (Lipinski definition) is 0. The Morgan fingerprint density at radius 1 is 1.00 bits per heavy atom. The van der Waals surface area contributed by atoms with E-state index >= 15 is 0 Å². The molecular formula is C15H20ClNO4S2. The van der Waals surface area contributed by atoms with Crippen LogP contribution in [0.1, 0.15) is 19.3 Å². The number of hydrogen-bond acceptors (Lipinski definition) is 5. The van der Waals surface area contributed by atoms with Crippen LogP contribution in [-0.2, 0) is 19.7 Å². The summed E-state index contributed by atoms with van der Waals surface area (Å²) in [4.78, 5) is 2.19. The normalized spacial score (nSPS) is 28.7. The van der Waals surface area contributed by atoms with Crippen LogP contribution in [0, 0.1) is 0 Å². The average molecular weight is 378 g/mol. The fourth-order valence-corrected chi connectivity index (χ4v) is 8.44. The van der Waals surface area contributed by atoms with E-state index in [1.54, 1.807) is 0 Å². The summed E-state index contributed by atoms with van der Waals surface area (Å²) in [5.74, 6) is -0.358. The fourth-order valence-electron chi connectivity index (χ4n) is 3.48. The molecule has 128 valence electrons. The molecule has 5 nitrogen and oxygen atoms in total. The van der Waals surface area contributed by atoms with Crippen molar-refractivity contribution in [2.45, 2.75) is 35.4 Å². The number of rotatable bonds is 3.